The van der Waals surface area contributed by atoms with Gasteiger partial charge in [-0.15, -0.1) is 0 Å². The summed E-state index contributed by atoms with van der Waals surface area (Å²) in [6.07, 6.45) is 0. The lowest BCUT2D eigenvalue weighted by Gasteiger charge is -2.12. The van der Waals surface area contributed by atoms with Crippen molar-refractivity contribution in [2.75, 3.05) is 5.32 Å². The van der Waals surface area contributed by atoms with Crippen LogP contribution in [0.3, 0.4) is 0 Å². The van der Waals surface area contributed by atoms with Gasteiger partial charge in [-0.3, -0.25) is 4.79 Å². The van der Waals surface area contributed by atoms with E-state index in [2.05, 4.69) is 5.32 Å². The summed E-state index contributed by atoms with van der Waals surface area (Å²) in [5.74, 6) is -0.777. The van der Waals surface area contributed by atoms with Crippen molar-refractivity contribution in [1.29, 1.82) is 0 Å². The number of hydrogen-bond acceptors (Lipinski definition) is 4. The summed E-state index contributed by atoms with van der Waals surface area (Å²) in [7, 11) is 0. The van der Waals surface area contributed by atoms with E-state index in [4.69, 9.17) is 5.73 Å². The Morgan fingerprint density at radius 2 is 1.95 bits per heavy atom. The molecule has 5 N–H and O–H groups in total. The van der Waals surface area contributed by atoms with Gasteiger partial charge in [0.25, 0.3) is 0 Å². The largest absolute Gasteiger partial charge is 0.504 e. The van der Waals surface area contributed by atoms with Crippen molar-refractivity contribution >= 4 is 11.6 Å². The molecule has 2 aromatic rings. The second-order valence-electron chi connectivity index (χ2n) is 4.52. The number of amides is 1. The van der Waals surface area contributed by atoms with Gasteiger partial charge in [-0.25, -0.2) is 0 Å². The van der Waals surface area contributed by atoms with Crippen molar-refractivity contribution in [2.24, 2.45) is 5.73 Å². The highest BCUT2D eigenvalue weighted by atomic mass is 16.3. The maximum Gasteiger partial charge on any atom is 0.249 e. The molecule has 0 aliphatic heterocycles. The SMILES string of the molecule is Cc1c(NCc2ccc(O)c(O)c2)cccc1C(N)=O. The van der Waals surface area contributed by atoms with Gasteiger partial charge in [0.2, 0.25) is 5.91 Å². The predicted molar refractivity (Wildman–Crippen MR) is 76.8 cm³/mol. The van der Waals surface area contributed by atoms with Gasteiger partial charge in [0, 0.05) is 17.8 Å². The van der Waals surface area contributed by atoms with Gasteiger partial charge < -0.3 is 21.3 Å². The van der Waals surface area contributed by atoms with Crippen LogP contribution < -0.4 is 11.1 Å². The Balaban J connectivity index is 2.17. The molecule has 20 heavy (non-hydrogen) atoms. The van der Waals surface area contributed by atoms with Crippen molar-refractivity contribution in [3.05, 3.63) is 53.1 Å². The van der Waals surface area contributed by atoms with Crippen LogP contribution in [0.15, 0.2) is 36.4 Å². The second-order valence-corrected chi connectivity index (χ2v) is 4.52. The van der Waals surface area contributed by atoms with Crippen molar-refractivity contribution in [3.8, 4) is 11.5 Å². The fourth-order valence-electron chi connectivity index (χ4n) is 1.97. The van der Waals surface area contributed by atoms with Gasteiger partial charge in [0.1, 0.15) is 0 Å². The molecule has 0 saturated heterocycles. The first-order chi connectivity index (χ1) is 9.49. The molecule has 104 valence electrons. The van der Waals surface area contributed by atoms with Gasteiger partial charge in [-0.05, 0) is 42.3 Å². The quantitative estimate of drug-likeness (QED) is 0.641. The summed E-state index contributed by atoms with van der Waals surface area (Å²) in [6, 6.07) is 9.89. The van der Waals surface area contributed by atoms with E-state index in [9.17, 15) is 15.0 Å². The zero-order chi connectivity index (χ0) is 14.7. The topological polar surface area (TPSA) is 95.6 Å². The van der Waals surface area contributed by atoms with Crippen molar-refractivity contribution < 1.29 is 15.0 Å². The number of hydrogen-bond donors (Lipinski definition) is 4. The van der Waals surface area contributed by atoms with Gasteiger partial charge in [-0.2, -0.15) is 0 Å². The molecular formula is C15H16N2O3. The number of primary amides is 1. The highest BCUT2D eigenvalue weighted by Gasteiger charge is 2.08. The fraction of sp³-hybridized carbons (Fsp3) is 0.133. The Labute approximate surface area is 116 Å². The number of aromatic hydroxyl groups is 2. The molecule has 0 aliphatic rings. The molecule has 0 unspecified atom stereocenters. The summed E-state index contributed by atoms with van der Waals surface area (Å²) in [6.45, 7) is 2.27. The molecule has 5 nitrogen and oxygen atoms in total. The molecule has 5 heteroatoms. The molecule has 2 rings (SSSR count). The number of rotatable bonds is 4. The van der Waals surface area contributed by atoms with Crippen molar-refractivity contribution in [3.63, 3.8) is 0 Å². The van der Waals surface area contributed by atoms with Gasteiger partial charge in [0.05, 0.1) is 0 Å². The lowest BCUT2D eigenvalue weighted by molar-refractivity contribution is 0.1000. The highest BCUT2D eigenvalue weighted by molar-refractivity contribution is 5.95. The number of benzene rings is 2. The third kappa shape index (κ3) is 2.83. The number of phenols is 2. The zero-order valence-electron chi connectivity index (χ0n) is 11.1. The first-order valence-electron chi connectivity index (χ1n) is 6.13. The molecule has 0 aromatic heterocycles. The first-order valence-corrected chi connectivity index (χ1v) is 6.13. The van der Waals surface area contributed by atoms with E-state index in [0.29, 0.717) is 12.1 Å². The predicted octanol–water partition coefficient (Wildman–Crippen LogP) is 2.12. The monoisotopic (exact) mass is 272 g/mol. The van der Waals surface area contributed by atoms with Crippen LogP contribution >= 0.6 is 0 Å². The molecule has 0 atom stereocenters. The molecule has 0 radical (unpaired) electrons. The molecule has 0 bridgehead atoms. The van der Waals surface area contributed by atoms with Crippen LogP contribution in [-0.4, -0.2) is 16.1 Å². The average molecular weight is 272 g/mol. The Morgan fingerprint density at radius 3 is 2.60 bits per heavy atom. The van der Waals surface area contributed by atoms with E-state index in [1.165, 1.54) is 12.1 Å². The highest BCUT2D eigenvalue weighted by Crippen LogP contribution is 2.26. The van der Waals surface area contributed by atoms with Gasteiger partial charge in [0.15, 0.2) is 11.5 Å². The van der Waals surface area contributed by atoms with Crippen molar-refractivity contribution in [2.45, 2.75) is 13.5 Å². The molecule has 0 spiro atoms. The van der Waals surface area contributed by atoms with Gasteiger partial charge in [-0.1, -0.05) is 12.1 Å². The van der Waals surface area contributed by atoms with Crippen LogP contribution in [0, 0.1) is 6.92 Å². The lowest BCUT2D eigenvalue weighted by Crippen LogP contribution is -2.13. The molecule has 1 amide bonds. The molecule has 0 saturated carbocycles. The van der Waals surface area contributed by atoms with E-state index in [1.54, 1.807) is 18.2 Å². The number of nitrogens with two attached hydrogens (primary N) is 1. The van der Waals surface area contributed by atoms with E-state index < -0.39 is 5.91 Å². The molecule has 2 aromatic carbocycles. The summed E-state index contributed by atoms with van der Waals surface area (Å²) in [4.78, 5) is 11.3. The van der Waals surface area contributed by atoms with Crippen LogP contribution in [-0.2, 0) is 6.54 Å². The van der Waals surface area contributed by atoms with Crippen LogP contribution in [0.2, 0.25) is 0 Å². The van der Waals surface area contributed by atoms with Crippen LogP contribution in [0.1, 0.15) is 21.5 Å². The normalized spacial score (nSPS) is 10.2. The number of anilines is 1. The van der Waals surface area contributed by atoms with Crippen molar-refractivity contribution in [1.82, 2.24) is 0 Å². The zero-order valence-corrected chi connectivity index (χ0v) is 11.1. The second kappa shape index (κ2) is 5.52. The summed E-state index contributed by atoms with van der Waals surface area (Å²) < 4.78 is 0. The van der Waals surface area contributed by atoms with Gasteiger partial charge >= 0.3 is 0 Å². The Kier molecular flexibility index (Phi) is 3.79. The fourth-order valence-corrected chi connectivity index (χ4v) is 1.97. The number of nitrogens with one attached hydrogen (secondary N) is 1. The number of phenolic OH excluding ortho intramolecular Hbond substituents is 2. The lowest BCUT2D eigenvalue weighted by atomic mass is 10.1. The van der Waals surface area contributed by atoms with Crippen LogP contribution in [0.4, 0.5) is 5.69 Å². The van der Waals surface area contributed by atoms with E-state index >= 15 is 0 Å². The minimum atomic E-state index is -0.464. The van der Waals surface area contributed by atoms with Crippen LogP contribution in [0.25, 0.3) is 0 Å². The average Bonchev–Trinajstić information content (AvgIpc) is 2.41. The molecule has 0 aliphatic carbocycles. The third-order valence-corrected chi connectivity index (χ3v) is 3.12. The van der Waals surface area contributed by atoms with Crippen LogP contribution in [0.5, 0.6) is 11.5 Å². The molecule has 0 heterocycles. The third-order valence-electron chi connectivity index (χ3n) is 3.12. The standard InChI is InChI=1S/C15H16N2O3/c1-9-11(15(16)20)3-2-4-12(9)17-8-10-5-6-13(18)14(19)7-10/h2-7,17-19H,8H2,1H3,(H2,16,20). The molecular weight excluding hydrogens is 256 g/mol. The van der Waals surface area contributed by atoms with E-state index in [1.807, 2.05) is 13.0 Å². The summed E-state index contributed by atoms with van der Waals surface area (Å²) in [5.41, 5.74) is 8.17. The minimum absolute atomic E-state index is 0.152. The van der Waals surface area contributed by atoms with E-state index in [-0.39, 0.29) is 11.5 Å². The first kappa shape index (κ1) is 13.7. The summed E-state index contributed by atoms with van der Waals surface area (Å²) >= 11 is 0. The maximum absolute atomic E-state index is 11.3. The number of carbonyl (C=O) groups is 1. The maximum atomic E-state index is 11.3. The minimum Gasteiger partial charge on any atom is -0.504 e. The summed E-state index contributed by atoms with van der Waals surface area (Å²) in [5, 5.41) is 21.8. The smallest absolute Gasteiger partial charge is 0.249 e. The number of carbonyl (C=O) groups excluding carboxylic acids is 1. The van der Waals surface area contributed by atoms with E-state index in [0.717, 1.165) is 16.8 Å². The Hall–Kier alpha value is -2.69. The Bertz CT molecular complexity index is 654. The Morgan fingerprint density at radius 1 is 1.20 bits per heavy atom. The molecule has 0 fully saturated rings.